The molecule has 0 aromatic heterocycles. The Hall–Kier alpha value is -0.830. The quantitative estimate of drug-likeness (QED) is 0.521. The van der Waals surface area contributed by atoms with Crippen molar-refractivity contribution in [2.75, 3.05) is 13.1 Å². The van der Waals surface area contributed by atoms with Crippen molar-refractivity contribution < 1.29 is 4.79 Å². The van der Waals surface area contributed by atoms with Crippen molar-refractivity contribution in [2.45, 2.75) is 12.8 Å². The topological polar surface area (TPSA) is 55.1 Å². The third-order valence-corrected chi connectivity index (χ3v) is 1.57. The normalized spacial score (nSPS) is 21.8. The van der Waals surface area contributed by atoms with Crippen molar-refractivity contribution in [3.63, 3.8) is 0 Å². The van der Waals surface area contributed by atoms with Gasteiger partial charge in [0.1, 0.15) is 0 Å². The van der Waals surface area contributed by atoms with Crippen LogP contribution in [0.1, 0.15) is 12.8 Å². The molecule has 1 rings (SSSR count). The van der Waals surface area contributed by atoms with Gasteiger partial charge in [0, 0.05) is 13.0 Å². The summed E-state index contributed by atoms with van der Waals surface area (Å²) < 4.78 is 0. The summed E-state index contributed by atoms with van der Waals surface area (Å²) in [6.45, 7) is 1.96. The minimum atomic E-state index is -0.251. The van der Waals surface area contributed by atoms with Gasteiger partial charge in [-0.3, -0.25) is 4.79 Å². The van der Waals surface area contributed by atoms with Crippen LogP contribution in [-0.4, -0.2) is 19.0 Å². The van der Waals surface area contributed by atoms with Crippen molar-refractivity contribution in [3.05, 3.63) is 11.6 Å². The van der Waals surface area contributed by atoms with Crippen LogP contribution < -0.4 is 11.1 Å². The van der Waals surface area contributed by atoms with E-state index in [0.29, 0.717) is 6.42 Å². The summed E-state index contributed by atoms with van der Waals surface area (Å²) in [6, 6.07) is 0. The molecule has 0 aliphatic carbocycles. The fraction of sp³-hybridized carbons (Fsp3) is 0.571. The summed E-state index contributed by atoms with van der Waals surface area (Å²) in [5, 5.41) is 3.18. The number of hydrogen-bond acceptors (Lipinski definition) is 2. The van der Waals surface area contributed by atoms with E-state index in [1.165, 1.54) is 5.57 Å². The second kappa shape index (κ2) is 3.37. The highest BCUT2D eigenvalue weighted by atomic mass is 16.1. The third kappa shape index (κ3) is 2.19. The molecule has 1 aliphatic heterocycles. The van der Waals surface area contributed by atoms with Gasteiger partial charge in [0.15, 0.2) is 0 Å². The van der Waals surface area contributed by atoms with Gasteiger partial charge < -0.3 is 11.1 Å². The number of rotatable bonds is 2. The summed E-state index contributed by atoms with van der Waals surface area (Å²) in [5.74, 6) is -0.251. The largest absolute Gasteiger partial charge is 0.369 e. The maximum Gasteiger partial charge on any atom is 0.221 e. The van der Waals surface area contributed by atoms with Crippen LogP contribution in [0.3, 0.4) is 0 Å². The van der Waals surface area contributed by atoms with Crippen molar-refractivity contribution in [3.8, 4) is 0 Å². The lowest BCUT2D eigenvalue weighted by atomic mass is 10.2. The SMILES string of the molecule is NC(=O)C/C=C1/CCNC1. The standard InChI is InChI=1S/C7H12N2O/c8-7(10)2-1-6-3-4-9-5-6/h1,9H,2-5H2,(H2,8,10)/b6-1-. The van der Waals surface area contributed by atoms with Crippen molar-refractivity contribution in [2.24, 2.45) is 5.73 Å². The summed E-state index contributed by atoms with van der Waals surface area (Å²) in [5.41, 5.74) is 6.27. The first kappa shape index (κ1) is 7.28. The molecule has 0 bridgehead atoms. The van der Waals surface area contributed by atoms with Crippen LogP contribution in [0.2, 0.25) is 0 Å². The highest BCUT2D eigenvalue weighted by molar-refractivity contribution is 5.75. The second-order valence-electron chi connectivity index (χ2n) is 2.46. The Morgan fingerprint density at radius 3 is 3.10 bits per heavy atom. The van der Waals surface area contributed by atoms with E-state index in [0.717, 1.165) is 19.5 Å². The molecule has 1 saturated heterocycles. The highest BCUT2D eigenvalue weighted by Gasteiger charge is 2.04. The van der Waals surface area contributed by atoms with Crippen molar-refractivity contribution in [1.82, 2.24) is 5.32 Å². The number of carbonyl (C=O) groups is 1. The minimum absolute atomic E-state index is 0.251. The lowest BCUT2D eigenvalue weighted by Crippen LogP contribution is -2.09. The number of carbonyl (C=O) groups excluding carboxylic acids is 1. The van der Waals surface area contributed by atoms with E-state index in [-0.39, 0.29) is 5.91 Å². The Morgan fingerprint density at radius 1 is 1.80 bits per heavy atom. The Balaban J connectivity index is 2.31. The molecule has 3 N–H and O–H groups in total. The molecule has 3 heteroatoms. The van der Waals surface area contributed by atoms with E-state index in [4.69, 9.17) is 5.73 Å². The second-order valence-corrected chi connectivity index (χ2v) is 2.46. The van der Waals surface area contributed by atoms with Gasteiger partial charge in [0.2, 0.25) is 5.91 Å². The Kier molecular flexibility index (Phi) is 2.45. The molecule has 56 valence electrons. The van der Waals surface area contributed by atoms with Gasteiger partial charge in [-0.05, 0) is 13.0 Å². The monoisotopic (exact) mass is 140 g/mol. The van der Waals surface area contributed by atoms with Gasteiger partial charge in [0.25, 0.3) is 0 Å². The van der Waals surface area contributed by atoms with E-state index in [1.807, 2.05) is 6.08 Å². The van der Waals surface area contributed by atoms with Crippen LogP contribution in [0.15, 0.2) is 11.6 Å². The van der Waals surface area contributed by atoms with Crippen LogP contribution in [-0.2, 0) is 4.79 Å². The number of amides is 1. The van der Waals surface area contributed by atoms with Crippen LogP contribution in [0.4, 0.5) is 0 Å². The fourth-order valence-electron chi connectivity index (χ4n) is 1.01. The number of hydrogen-bond donors (Lipinski definition) is 2. The highest BCUT2D eigenvalue weighted by Crippen LogP contribution is 2.05. The first-order valence-electron chi connectivity index (χ1n) is 3.46. The lowest BCUT2D eigenvalue weighted by molar-refractivity contribution is -0.117. The summed E-state index contributed by atoms with van der Waals surface area (Å²) in [6.07, 6.45) is 3.37. The predicted molar refractivity (Wildman–Crippen MR) is 39.4 cm³/mol. The summed E-state index contributed by atoms with van der Waals surface area (Å²) in [4.78, 5) is 10.3. The van der Waals surface area contributed by atoms with Gasteiger partial charge >= 0.3 is 0 Å². The molecule has 1 heterocycles. The van der Waals surface area contributed by atoms with Crippen LogP contribution >= 0.6 is 0 Å². The van der Waals surface area contributed by atoms with Gasteiger partial charge in [-0.2, -0.15) is 0 Å². The van der Waals surface area contributed by atoms with Gasteiger partial charge in [0.05, 0.1) is 0 Å². The number of primary amides is 1. The molecule has 0 saturated carbocycles. The van der Waals surface area contributed by atoms with Crippen molar-refractivity contribution in [1.29, 1.82) is 0 Å². The first-order valence-corrected chi connectivity index (χ1v) is 3.46. The van der Waals surface area contributed by atoms with E-state index in [1.54, 1.807) is 0 Å². The zero-order chi connectivity index (χ0) is 7.40. The average Bonchev–Trinajstić information content (AvgIpc) is 2.34. The molecule has 1 fully saturated rings. The Labute approximate surface area is 60.3 Å². The van der Waals surface area contributed by atoms with E-state index < -0.39 is 0 Å². The Morgan fingerprint density at radius 2 is 2.60 bits per heavy atom. The minimum Gasteiger partial charge on any atom is -0.369 e. The van der Waals surface area contributed by atoms with Crippen LogP contribution in [0.5, 0.6) is 0 Å². The molecule has 0 atom stereocenters. The zero-order valence-corrected chi connectivity index (χ0v) is 5.89. The van der Waals surface area contributed by atoms with Crippen LogP contribution in [0.25, 0.3) is 0 Å². The molecular formula is C7H12N2O. The maximum absolute atomic E-state index is 10.3. The van der Waals surface area contributed by atoms with Crippen LogP contribution in [0, 0.1) is 0 Å². The average molecular weight is 140 g/mol. The Bertz CT molecular complexity index is 155. The molecule has 0 aromatic rings. The first-order chi connectivity index (χ1) is 4.79. The summed E-state index contributed by atoms with van der Waals surface area (Å²) in [7, 11) is 0. The lowest BCUT2D eigenvalue weighted by Gasteiger charge is -1.91. The fourth-order valence-corrected chi connectivity index (χ4v) is 1.01. The number of nitrogens with one attached hydrogen (secondary N) is 1. The summed E-state index contributed by atoms with van der Waals surface area (Å²) >= 11 is 0. The van der Waals surface area contributed by atoms with E-state index >= 15 is 0 Å². The van der Waals surface area contributed by atoms with Gasteiger partial charge in [-0.15, -0.1) is 0 Å². The molecule has 0 spiro atoms. The third-order valence-electron chi connectivity index (χ3n) is 1.57. The van der Waals surface area contributed by atoms with E-state index in [2.05, 4.69) is 5.32 Å². The zero-order valence-electron chi connectivity index (χ0n) is 5.89. The van der Waals surface area contributed by atoms with Gasteiger partial charge in [-0.1, -0.05) is 11.6 Å². The molecule has 0 aromatic carbocycles. The van der Waals surface area contributed by atoms with Crippen molar-refractivity contribution >= 4 is 5.91 Å². The molecule has 0 unspecified atom stereocenters. The predicted octanol–water partition coefficient (Wildman–Crippen LogP) is -0.219. The molecule has 3 nitrogen and oxygen atoms in total. The molecular weight excluding hydrogens is 128 g/mol. The molecule has 1 aliphatic rings. The number of nitrogens with two attached hydrogens (primary N) is 1. The van der Waals surface area contributed by atoms with Gasteiger partial charge in [-0.25, -0.2) is 0 Å². The van der Waals surface area contributed by atoms with E-state index in [9.17, 15) is 4.79 Å². The molecule has 0 radical (unpaired) electrons. The molecule has 10 heavy (non-hydrogen) atoms. The molecule has 1 amide bonds. The smallest absolute Gasteiger partial charge is 0.221 e. The maximum atomic E-state index is 10.3.